The quantitative estimate of drug-likeness (QED) is 0.893. The van der Waals surface area contributed by atoms with Crippen LogP contribution in [-0.2, 0) is 0 Å². The van der Waals surface area contributed by atoms with Crippen LogP contribution in [0, 0.1) is 11.6 Å². The SMILES string of the molecule is CCNc1c(F)cc(C(=O)Nc2cnoc2)cc1F. The minimum absolute atomic E-state index is 0.127. The van der Waals surface area contributed by atoms with Crippen LogP contribution in [0.15, 0.2) is 29.1 Å². The molecule has 0 bridgehead atoms. The van der Waals surface area contributed by atoms with E-state index in [0.717, 1.165) is 12.1 Å². The van der Waals surface area contributed by atoms with Gasteiger partial charge in [-0.3, -0.25) is 4.79 Å². The van der Waals surface area contributed by atoms with Crippen LogP contribution in [0.4, 0.5) is 20.2 Å². The van der Waals surface area contributed by atoms with Crippen LogP contribution in [0.5, 0.6) is 0 Å². The summed E-state index contributed by atoms with van der Waals surface area (Å²) in [5.74, 6) is -2.29. The van der Waals surface area contributed by atoms with Gasteiger partial charge in [-0.05, 0) is 19.1 Å². The molecule has 19 heavy (non-hydrogen) atoms. The number of nitrogens with one attached hydrogen (secondary N) is 2. The molecule has 1 amide bonds. The van der Waals surface area contributed by atoms with E-state index in [9.17, 15) is 13.6 Å². The van der Waals surface area contributed by atoms with Crippen LogP contribution >= 0.6 is 0 Å². The first-order chi connectivity index (χ1) is 9.11. The maximum Gasteiger partial charge on any atom is 0.256 e. The molecule has 1 heterocycles. The first-order valence-electron chi connectivity index (χ1n) is 5.55. The summed E-state index contributed by atoms with van der Waals surface area (Å²) in [5, 5.41) is 8.34. The molecule has 7 heteroatoms. The molecule has 0 saturated heterocycles. The Balaban J connectivity index is 2.23. The number of halogens is 2. The number of hydrogen-bond acceptors (Lipinski definition) is 4. The number of carbonyl (C=O) groups excluding carboxylic acids is 1. The summed E-state index contributed by atoms with van der Waals surface area (Å²) < 4.78 is 31.8. The summed E-state index contributed by atoms with van der Waals surface area (Å²) in [7, 11) is 0. The molecule has 5 nitrogen and oxygen atoms in total. The van der Waals surface area contributed by atoms with E-state index < -0.39 is 17.5 Å². The number of aromatic nitrogens is 1. The van der Waals surface area contributed by atoms with Gasteiger partial charge < -0.3 is 15.2 Å². The lowest BCUT2D eigenvalue weighted by atomic mass is 10.1. The minimum Gasteiger partial charge on any atom is -0.381 e. The van der Waals surface area contributed by atoms with Gasteiger partial charge >= 0.3 is 0 Å². The van der Waals surface area contributed by atoms with Gasteiger partial charge in [0, 0.05) is 12.1 Å². The number of amides is 1. The maximum atomic E-state index is 13.6. The van der Waals surface area contributed by atoms with Crippen molar-refractivity contribution in [3.05, 3.63) is 41.8 Å². The molecule has 0 saturated carbocycles. The van der Waals surface area contributed by atoms with Crippen molar-refractivity contribution in [2.75, 3.05) is 17.2 Å². The predicted molar refractivity (Wildman–Crippen MR) is 65.0 cm³/mol. The van der Waals surface area contributed by atoms with E-state index in [1.165, 1.54) is 12.5 Å². The second-order valence-corrected chi connectivity index (χ2v) is 3.71. The minimum atomic E-state index is -0.822. The van der Waals surface area contributed by atoms with Crippen molar-refractivity contribution in [1.82, 2.24) is 5.16 Å². The second-order valence-electron chi connectivity index (χ2n) is 3.71. The number of benzene rings is 1. The zero-order valence-electron chi connectivity index (χ0n) is 10.0. The molecule has 0 aliphatic carbocycles. The van der Waals surface area contributed by atoms with Crippen LogP contribution in [0.2, 0.25) is 0 Å². The molecule has 2 aromatic rings. The Morgan fingerprint density at radius 3 is 2.58 bits per heavy atom. The molecule has 0 spiro atoms. The van der Waals surface area contributed by atoms with E-state index in [1.54, 1.807) is 6.92 Å². The average molecular weight is 267 g/mol. The molecule has 1 aromatic heterocycles. The molecule has 0 radical (unpaired) electrons. The lowest BCUT2D eigenvalue weighted by Gasteiger charge is -2.08. The highest BCUT2D eigenvalue weighted by Gasteiger charge is 2.15. The van der Waals surface area contributed by atoms with Gasteiger partial charge in [0.2, 0.25) is 0 Å². The molecule has 0 unspecified atom stereocenters. The van der Waals surface area contributed by atoms with Gasteiger partial charge in [0.1, 0.15) is 29.3 Å². The third kappa shape index (κ3) is 2.87. The number of carbonyl (C=O) groups is 1. The molecule has 0 atom stereocenters. The molecule has 0 fully saturated rings. The van der Waals surface area contributed by atoms with Crippen molar-refractivity contribution in [2.45, 2.75) is 6.92 Å². The highest BCUT2D eigenvalue weighted by atomic mass is 19.1. The zero-order chi connectivity index (χ0) is 13.8. The summed E-state index contributed by atoms with van der Waals surface area (Å²) in [6.07, 6.45) is 2.48. The van der Waals surface area contributed by atoms with Gasteiger partial charge in [-0.15, -0.1) is 0 Å². The summed E-state index contributed by atoms with van der Waals surface area (Å²) >= 11 is 0. The van der Waals surface area contributed by atoms with E-state index in [-0.39, 0.29) is 11.3 Å². The highest BCUT2D eigenvalue weighted by molar-refractivity contribution is 6.04. The number of rotatable bonds is 4. The zero-order valence-corrected chi connectivity index (χ0v) is 10.0. The standard InChI is InChI=1S/C12H11F2N3O2/c1-2-15-11-9(13)3-7(4-10(11)14)12(18)17-8-5-16-19-6-8/h3-6,15H,2H2,1H3,(H,17,18). The van der Waals surface area contributed by atoms with Crippen molar-refractivity contribution in [2.24, 2.45) is 0 Å². The molecule has 2 N–H and O–H groups in total. The van der Waals surface area contributed by atoms with Gasteiger partial charge in [-0.1, -0.05) is 5.16 Å². The molecule has 2 rings (SSSR count). The number of hydrogen-bond donors (Lipinski definition) is 2. The largest absolute Gasteiger partial charge is 0.381 e. The third-order valence-corrected chi connectivity index (χ3v) is 2.35. The Hall–Kier alpha value is -2.44. The number of anilines is 2. The van der Waals surface area contributed by atoms with Crippen molar-refractivity contribution >= 4 is 17.3 Å². The normalized spacial score (nSPS) is 10.3. The van der Waals surface area contributed by atoms with Crippen molar-refractivity contribution in [1.29, 1.82) is 0 Å². The van der Waals surface area contributed by atoms with Crippen LogP contribution in [0.25, 0.3) is 0 Å². The Morgan fingerprint density at radius 1 is 1.37 bits per heavy atom. The van der Waals surface area contributed by atoms with E-state index in [1.807, 2.05) is 0 Å². The molecular formula is C12H11F2N3O2. The second kappa shape index (κ2) is 5.47. The molecular weight excluding hydrogens is 256 g/mol. The summed E-state index contributed by atoms with van der Waals surface area (Å²) in [4.78, 5) is 11.8. The van der Waals surface area contributed by atoms with Crippen LogP contribution < -0.4 is 10.6 Å². The third-order valence-electron chi connectivity index (χ3n) is 2.35. The first kappa shape index (κ1) is 13.0. The van der Waals surface area contributed by atoms with Gasteiger partial charge in [0.25, 0.3) is 5.91 Å². The predicted octanol–water partition coefficient (Wildman–Crippen LogP) is 2.64. The van der Waals surface area contributed by atoms with Crippen LogP contribution in [0.1, 0.15) is 17.3 Å². The van der Waals surface area contributed by atoms with Crippen molar-refractivity contribution in [3.8, 4) is 0 Å². The van der Waals surface area contributed by atoms with Gasteiger partial charge in [-0.2, -0.15) is 0 Å². The first-order valence-corrected chi connectivity index (χ1v) is 5.55. The fourth-order valence-electron chi connectivity index (χ4n) is 1.52. The smallest absolute Gasteiger partial charge is 0.256 e. The average Bonchev–Trinajstić information content (AvgIpc) is 2.86. The lowest BCUT2D eigenvalue weighted by molar-refractivity contribution is 0.102. The van der Waals surface area contributed by atoms with Gasteiger partial charge in [0.15, 0.2) is 0 Å². The fraction of sp³-hybridized carbons (Fsp3) is 0.167. The molecule has 100 valence electrons. The summed E-state index contributed by atoms with van der Waals surface area (Å²) in [5.41, 5.74) is -0.0662. The Kier molecular flexibility index (Phi) is 3.74. The highest BCUT2D eigenvalue weighted by Crippen LogP contribution is 2.21. The topological polar surface area (TPSA) is 67.2 Å². The molecule has 0 aliphatic rings. The van der Waals surface area contributed by atoms with Crippen molar-refractivity contribution in [3.63, 3.8) is 0 Å². The van der Waals surface area contributed by atoms with E-state index in [0.29, 0.717) is 12.2 Å². The van der Waals surface area contributed by atoms with Crippen molar-refractivity contribution < 1.29 is 18.1 Å². The van der Waals surface area contributed by atoms with E-state index in [4.69, 9.17) is 0 Å². The summed E-state index contributed by atoms with van der Waals surface area (Å²) in [6, 6.07) is 1.92. The maximum absolute atomic E-state index is 13.6. The van der Waals surface area contributed by atoms with E-state index in [2.05, 4.69) is 20.3 Å². The fourth-order valence-corrected chi connectivity index (χ4v) is 1.52. The number of nitrogens with zero attached hydrogens (tertiary/aromatic N) is 1. The van der Waals surface area contributed by atoms with E-state index >= 15 is 0 Å². The van der Waals surface area contributed by atoms with Gasteiger partial charge in [-0.25, -0.2) is 8.78 Å². The monoisotopic (exact) mass is 267 g/mol. The molecule has 1 aromatic carbocycles. The summed E-state index contributed by atoms with van der Waals surface area (Å²) in [6.45, 7) is 2.09. The van der Waals surface area contributed by atoms with Crippen LogP contribution in [0.3, 0.4) is 0 Å². The lowest BCUT2D eigenvalue weighted by Crippen LogP contribution is -2.13. The Labute approximate surface area is 107 Å². The molecule has 0 aliphatic heterocycles. The Morgan fingerprint density at radius 2 is 2.05 bits per heavy atom. The Bertz CT molecular complexity index is 562. The van der Waals surface area contributed by atoms with Gasteiger partial charge in [0.05, 0.1) is 6.20 Å². The van der Waals surface area contributed by atoms with Crippen LogP contribution in [-0.4, -0.2) is 17.6 Å².